The van der Waals surface area contributed by atoms with Gasteiger partial charge >= 0.3 is 0 Å². The Hall–Kier alpha value is -1.73. The van der Waals surface area contributed by atoms with Crippen LogP contribution in [0.5, 0.6) is 11.6 Å². The van der Waals surface area contributed by atoms with Crippen LogP contribution in [0.2, 0.25) is 5.15 Å². The number of hydrogen-bond donors (Lipinski definition) is 0. The summed E-state index contributed by atoms with van der Waals surface area (Å²) in [4.78, 5) is 17.9. The molecule has 0 atom stereocenters. The van der Waals surface area contributed by atoms with E-state index in [0.29, 0.717) is 10.2 Å². The smallest absolute Gasteiger partial charge is 0.273 e. The molecule has 0 spiro atoms. The van der Waals surface area contributed by atoms with Crippen LogP contribution in [0.4, 0.5) is 5.69 Å². The van der Waals surface area contributed by atoms with E-state index in [1.807, 2.05) is 0 Å². The van der Waals surface area contributed by atoms with E-state index in [2.05, 4.69) is 25.9 Å². The third-order valence-electron chi connectivity index (χ3n) is 2.30. The third-order valence-corrected chi connectivity index (χ3v) is 3.53. The predicted octanol–water partition coefficient (Wildman–Crippen LogP) is 3.90. The lowest BCUT2D eigenvalue weighted by atomic mass is 10.2. The maximum atomic E-state index is 10.7. The molecule has 0 aliphatic heterocycles. The highest BCUT2D eigenvalue weighted by molar-refractivity contribution is 9.10. The van der Waals surface area contributed by atoms with E-state index in [1.54, 1.807) is 13.0 Å². The first-order valence-corrected chi connectivity index (χ1v) is 6.25. The average Bonchev–Trinajstić information content (AvgIpc) is 2.37. The first-order chi connectivity index (χ1) is 8.99. The van der Waals surface area contributed by atoms with Crippen molar-refractivity contribution in [1.82, 2.24) is 9.97 Å². The van der Waals surface area contributed by atoms with Crippen LogP contribution in [0, 0.1) is 17.0 Å². The van der Waals surface area contributed by atoms with Crippen LogP contribution >= 0.6 is 27.5 Å². The zero-order valence-electron chi connectivity index (χ0n) is 9.63. The van der Waals surface area contributed by atoms with E-state index in [1.165, 1.54) is 18.5 Å². The van der Waals surface area contributed by atoms with Crippen LogP contribution in [-0.4, -0.2) is 14.9 Å². The molecule has 0 radical (unpaired) electrons. The summed E-state index contributed by atoms with van der Waals surface area (Å²) in [6.07, 6.45) is 1.25. The molecule has 19 heavy (non-hydrogen) atoms. The van der Waals surface area contributed by atoms with Crippen molar-refractivity contribution in [1.29, 1.82) is 0 Å². The molecule has 1 aromatic heterocycles. The van der Waals surface area contributed by atoms with Crippen LogP contribution < -0.4 is 4.74 Å². The molecule has 0 N–H and O–H groups in total. The minimum Gasteiger partial charge on any atom is -0.437 e. The Bertz CT molecular complexity index is 651. The van der Waals surface area contributed by atoms with Gasteiger partial charge in [0.05, 0.1) is 11.0 Å². The van der Waals surface area contributed by atoms with Gasteiger partial charge in [0.1, 0.15) is 16.5 Å². The van der Waals surface area contributed by atoms with Gasteiger partial charge in [-0.15, -0.1) is 0 Å². The Morgan fingerprint density at radius 2 is 2.16 bits per heavy atom. The second-order valence-electron chi connectivity index (χ2n) is 3.59. The molecule has 0 fully saturated rings. The van der Waals surface area contributed by atoms with Crippen LogP contribution in [0.3, 0.4) is 0 Å². The molecule has 8 heteroatoms. The van der Waals surface area contributed by atoms with Gasteiger partial charge in [0.2, 0.25) is 5.88 Å². The second kappa shape index (κ2) is 5.50. The summed E-state index contributed by atoms with van der Waals surface area (Å²) in [6.45, 7) is 1.77. The van der Waals surface area contributed by atoms with Crippen molar-refractivity contribution in [3.63, 3.8) is 0 Å². The normalized spacial score (nSPS) is 10.3. The molecule has 6 nitrogen and oxygen atoms in total. The molecule has 0 saturated heterocycles. The molecule has 2 aromatic rings. The minimum absolute atomic E-state index is 0.0584. The molecule has 0 bridgehead atoms. The van der Waals surface area contributed by atoms with Crippen molar-refractivity contribution in [3.8, 4) is 11.6 Å². The summed E-state index contributed by atoms with van der Waals surface area (Å²) in [7, 11) is 0. The Morgan fingerprint density at radius 1 is 1.42 bits per heavy atom. The molecule has 0 aliphatic carbocycles. The van der Waals surface area contributed by atoms with E-state index < -0.39 is 4.92 Å². The van der Waals surface area contributed by atoms with Gasteiger partial charge < -0.3 is 4.74 Å². The topological polar surface area (TPSA) is 78.2 Å². The standard InChI is InChI=1S/C11H7BrClN3O3/c1-6-2-3-7(16(17)18)4-8(6)19-11-9(12)10(13)14-5-15-11/h2-5H,1H3. The minimum atomic E-state index is -0.492. The number of nitrogens with zero attached hydrogens (tertiary/aromatic N) is 3. The lowest BCUT2D eigenvalue weighted by Crippen LogP contribution is -1.95. The molecule has 1 aromatic carbocycles. The van der Waals surface area contributed by atoms with Gasteiger partial charge in [0.25, 0.3) is 5.69 Å². The Labute approximate surface area is 121 Å². The first-order valence-electron chi connectivity index (χ1n) is 5.08. The van der Waals surface area contributed by atoms with Gasteiger partial charge in [-0.25, -0.2) is 9.97 Å². The lowest BCUT2D eigenvalue weighted by Gasteiger charge is -2.09. The summed E-state index contributed by atoms with van der Waals surface area (Å²) in [5.41, 5.74) is 0.684. The largest absolute Gasteiger partial charge is 0.437 e. The number of hydrogen-bond acceptors (Lipinski definition) is 5. The Morgan fingerprint density at radius 3 is 2.84 bits per heavy atom. The number of rotatable bonds is 3. The maximum Gasteiger partial charge on any atom is 0.273 e. The van der Waals surface area contributed by atoms with Gasteiger partial charge in [-0.3, -0.25) is 10.1 Å². The Balaban J connectivity index is 2.40. The number of nitro groups is 1. The van der Waals surface area contributed by atoms with E-state index in [4.69, 9.17) is 16.3 Å². The highest BCUT2D eigenvalue weighted by Crippen LogP contribution is 2.34. The zero-order valence-corrected chi connectivity index (χ0v) is 12.0. The average molecular weight is 345 g/mol. The summed E-state index contributed by atoms with van der Waals surface area (Å²) in [5, 5.41) is 10.9. The van der Waals surface area contributed by atoms with E-state index >= 15 is 0 Å². The maximum absolute atomic E-state index is 10.7. The SMILES string of the molecule is Cc1ccc([N+](=O)[O-])cc1Oc1ncnc(Cl)c1Br. The number of ether oxygens (including phenoxy) is 1. The van der Waals surface area contributed by atoms with Gasteiger partial charge in [0, 0.05) is 6.07 Å². The first kappa shape index (κ1) is 13.7. The fourth-order valence-electron chi connectivity index (χ4n) is 1.32. The number of aromatic nitrogens is 2. The number of nitro benzene ring substituents is 1. The van der Waals surface area contributed by atoms with E-state index in [9.17, 15) is 10.1 Å². The van der Waals surface area contributed by atoms with Crippen molar-refractivity contribution >= 4 is 33.2 Å². The van der Waals surface area contributed by atoms with E-state index in [-0.39, 0.29) is 16.7 Å². The summed E-state index contributed by atoms with van der Waals surface area (Å²) in [6, 6.07) is 4.34. The van der Waals surface area contributed by atoms with Crippen LogP contribution in [-0.2, 0) is 0 Å². The van der Waals surface area contributed by atoms with E-state index in [0.717, 1.165) is 5.56 Å². The molecule has 1 heterocycles. The number of halogens is 2. The molecule has 0 saturated carbocycles. The van der Waals surface area contributed by atoms with Crippen molar-refractivity contribution in [2.75, 3.05) is 0 Å². The van der Waals surface area contributed by atoms with Crippen LogP contribution in [0.1, 0.15) is 5.56 Å². The molecular weight excluding hydrogens is 337 g/mol. The lowest BCUT2D eigenvalue weighted by molar-refractivity contribution is -0.384. The highest BCUT2D eigenvalue weighted by atomic mass is 79.9. The number of non-ortho nitro benzene ring substituents is 1. The number of aryl methyl sites for hydroxylation is 1. The van der Waals surface area contributed by atoms with Gasteiger partial charge in [-0.1, -0.05) is 11.6 Å². The van der Waals surface area contributed by atoms with Crippen molar-refractivity contribution in [2.24, 2.45) is 0 Å². The van der Waals surface area contributed by atoms with Gasteiger partial charge in [0.15, 0.2) is 5.15 Å². The molecular formula is C11H7BrClN3O3. The van der Waals surface area contributed by atoms with Gasteiger partial charge in [-0.2, -0.15) is 0 Å². The van der Waals surface area contributed by atoms with Crippen LogP contribution in [0.15, 0.2) is 29.0 Å². The Kier molecular flexibility index (Phi) is 3.96. The molecule has 0 amide bonds. The molecule has 2 rings (SSSR count). The number of benzene rings is 1. The van der Waals surface area contributed by atoms with Crippen molar-refractivity contribution in [2.45, 2.75) is 6.92 Å². The van der Waals surface area contributed by atoms with Crippen molar-refractivity contribution in [3.05, 3.63) is 49.8 Å². The summed E-state index contributed by atoms with van der Waals surface area (Å²) in [5.74, 6) is 0.535. The summed E-state index contributed by atoms with van der Waals surface area (Å²) < 4.78 is 5.92. The molecule has 0 aliphatic rings. The zero-order chi connectivity index (χ0) is 14.0. The summed E-state index contributed by atoms with van der Waals surface area (Å²) >= 11 is 9.01. The van der Waals surface area contributed by atoms with Crippen LogP contribution in [0.25, 0.3) is 0 Å². The monoisotopic (exact) mass is 343 g/mol. The highest BCUT2D eigenvalue weighted by Gasteiger charge is 2.14. The van der Waals surface area contributed by atoms with Crippen molar-refractivity contribution < 1.29 is 9.66 Å². The van der Waals surface area contributed by atoms with Gasteiger partial charge in [-0.05, 0) is 34.5 Å². The fourth-order valence-corrected chi connectivity index (χ4v) is 1.73. The third kappa shape index (κ3) is 2.99. The molecule has 98 valence electrons. The predicted molar refractivity (Wildman–Crippen MR) is 72.6 cm³/mol. The molecule has 0 unspecified atom stereocenters. The second-order valence-corrected chi connectivity index (χ2v) is 4.74. The quantitative estimate of drug-likeness (QED) is 0.479. The fraction of sp³-hybridized carbons (Fsp3) is 0.0909.